The summed E-state index contributed by atoms with van der Waals surface area (Å²) in [6.45, 7) is 8.45. The molecule has 1 amide bonds. The zero-order valence-electron chi connectivity index (χ0n) is 16.7. The van der Waals surface area contributed by atoms with Crippen LogP contribution >= 0.6 is 0 Å². The van der Waals surface area contributed by atoms with Crippen LogP contribution < -0.4 is 4.74 Å². The highest BCUT2D eigenvalue weighted by Gasteiger charge is 2.33. The predicted octanol–water partition coefficient (Wildman–Crippen LogP) is 4.04. The van der Waals surface area contributed by atoms with E-state index < -0.39 is 0 Å². The Balaban J connectivity index is 1.35. The van der Waals surface area contributed by atoms with Gasteiger partial charge in [-0.1, -0.05) is 61.5 Å². The molecule has 28 heavy (non-hydrogen) atoms. The third-order valence-corrected chi connectivity index (χ3v) is 5.91. The molecule has 0 bridgehead atoms. The summed E-state index contributed by atoms with van der Waals surface area (Å²) >= 11 is 0. The molecule has 4 nitrogen and oxygen atoms in total. The molecule has 2 heterocycles. The lowest BCUT2D eigenvalue weighted by Crippen LogP contribution is -2.48. The van der Waals surface area contributed by atoms with Crippen LogP contribution in [0.25, 0.3) is 6.08 Å². The number of ether oxygens (including phenoxy) is 1. The number of hydrogen-bond donors (Lipinski definition) is 0. The molecule has 0 spiro atoms. The second-order valence-corrected chi connectivity index (χ2v) is 7.74. The van der Waals surface area contributed by atoms with Gasteiger partial charge in [-0.3, -0.25) is 9.69 Å². The average molecular weight is 377 g/mol. The highest BCUT2D eigenvalue weighted by molar-refractivity contribution is 5.97. The highest BCUT2D eigenvalue weighted by atomic mass is 16.5. The molecule has 2 aromatic rings. The van der Waals surface area contributed by atoms with E-state index in [0.29, 0.717) is 11.5 Å². The third kappa shape index (κ3) is 3.83. The first kappa shape index (κ1) is 18.8. The van der Waals surface area contributed by atoms with Gasteiger partial charge < -0.3 is 9.64 Å². The van der Waals surface area contributed by atoms with Crippen LogP contribution in [-0.4, -0.2) is 54.5 Å². The fourth-order valence-electron chi connectivity index (χ4n) is 3.96. The first-order valence-corrected chi connectivity index (χ1v) is 10.2. The summed E-state index contributed by atoms with van der Waals surface area (Å²) in [4.78, 5) is 17.4. The number of carbonyl (C=O) groups excluding carboxylic acids is 1. The largest absolute Gasteiger partial charge is 0.489 e. The van der Waals surface area contributed by atoms with Crippen LogP contribution in [-0.2, 0) is 0 Å². The van der Waals surface area contributed by atoms with Crippen molar-refractivity contribution in [1.29, 1.82) is 0 Å². The number of hydrogen-bond acceptors (Lipinski definition) is 3. The normalized spacial score (nSPS) is 22.3. The summed E-state index contributed by atoms with van der Waals surface area (Å²) in [5, 5.41) is 0. The molecule has 4 rings (SSSR count). The average Bonchev–Trinajstić information content (AvgIpc) is 3.03. The van der Waals surface area contributed by atoms with Gasteiger partial charge in [-0.05, 0) is 18.6 Å². The molecular weight excluding hydrogens is 348 g/mol. The van der Waals surface area contributed by atoms with Gasteiger partial charge in [0.15, 0.2) is 0 Å². The first-order chi connectivity index (χ1) is 13.6. The van der Waals surface area contributed by atoms with Gasteiger partial charge in [0, 0.05) is 44.2 Å². The first-order valence-electron chi connectivity index (χ1n) is 10.2. The van der Waals surface area contributed by atoms with Gasteiger partial charge in [0.2, 0.25) is 0 Å². The molecule has 2 unspecified atom stereocenters. The lowest BCUT2D eigenvalue weighted by atomic mass is 9.96. The van der Waals surface area contributed by atoms with Crippen LogP contribution in [0.3, 0.4) is 0 Å². The van der Waals surface area contributed by atoms with Gasteiger partial charge in [-0.25, -0.2) is 0 Å². The van der Waals surface area contributed by atoms with E-state index >= 15 is 0 Å². The van der Waals surface area contributed by atoms with E-state index in [2.05, 4.69) is 61.2 Å². The second kappa shape index (κ2) is 8.19. The Labute approximate surface area is 167 Å². The van der Waals surface area contributed by atoms with Crippen LogP contribution in [0.2, 0.25) is 0 Å². The quantitative estimate of drug-likeness (QED) is 0.807. The Morgan fingerprint density at radius 2 is 1.79 bits per heavy atom. The lowest BCUT2D eigenvalue weighted by molar-refractivity contribution is 0.0645. The van der Waals surface area contributed by atoms with Crippen LogP contribution in [0, 0.1) is 0 Å². The minimum Gasteiger partial charge on any atom is -0.489 e. The molecule has 1 fully saturated rings. The molecule has 146 valence electrons. The number of amides is 1. The number of nitrogens with zero attached hydrogens (tertiary/aromatic N) is 2. The lowest BCUT2D eigenvalue weighted by Gasteiger charge is -2.34. The standard InChI is InChI=1S/C24H28N2O2/c1-18-19(2)28-23-21(18)11-6-12-22(23)24(27)26-16-14-25(15-17-26)13-7-10-20-8-4-3-5-9-20/h3-12,18-19H,13-17H2,1-2H3. The molecular formula is C24H28N2O2. The Morgan fingerprint density at radius 1 is 1.04 bits per heavy atom. The van der Waals surface area contributed by atoms with Crippen molar-refractivity contribution in [3.8, 4) is 5.75 Å². The molecule has 1 saturated heterocycles. The van der Waals surface area contributed by atoms with Gasteiger partial charge in [0.05, 0.1) is 5.56 Å². The zero-order chi connectivity index (χ0) is 19.5. The number of rotatable bonds is 4. The summed E-state index contributed by atoms with van der Waals surface area (Å²) in [6.07, 6.45) is 4.48. The summed E-state index contributed by atoms with van der Waals surface area (Å²) < 4.78 is 6.01. The molecule has 4 heteroatoms. The SMILES string of the molecule is CC1Oc2c(C(=O)N3CCN(CC=Cc4ccccc4)CC3)cccc2C1C. The molecule has 2 aliphatic heterocycles. The second-order valence-electron chi connectivity index (χ2n) is 7.74. The monoisotopic (exact) mass is 376 g/mol. The number of carbonyl (C=O) groups is 1. The van der Waals surface area contributed by atoms with E-state index in [4.69, 9.17) is 4.74 Å². The smallest absolute Gasteiger partial charge is 0.257 e. The van der Waals surface area contributed by atoms with Crippen molar-refractivity contribution in [1.82, 2.24) is 9.80 Å². The van der Waals surface area contributed by atoms with E-state index in [1.165, 1.54) is 5.56 Å². The summed E-state index contributed by atoms with van der Waals surface area (Å²) in [7, 11) is 0. The van der Waals surface area contributed by atoms with E-state index in [1.54, 1.807) is 0 Å². The van der Waals surface area contributed by atoms with Gasteiger partial charge in [0.1, 0.15) is 11.9 Å². The van der Waals surface area contributed by atoms with Gasteiger partial charge in [0.25, 0.3) is 5.91 Å². The molecule has 0 N–H and O–H groups in total. The number of piperazine rings is 1. The van der Waals surface area contributed by atoms with Crippen LogP contribution in [0.1, 0.15) is 41.3 Å². The molecule has 0 saturated carbocycles. The van der Waals surface area contributed by atoms with E-state index in [1.807, 2.05) is 23.1 Å². The Morgan fingerprint density at radius 3 is 2.54 bits per heavy atom. The van der Waals surface area contributed by atoms with Gasteiger partial charge in [-0.15, -0.1) is 0 Å². The summed E-state index contributed by atoms with van der Waals surface area (Å²) in [5.74, 6) is 1.22. The predicted molar refractivity (Wildman–Crippen MR) is 113 cm³/mol. The molecule has 2 atom stereocenters. The van der Waals surface area contributed by atoms with Crippen LogP contribution in [0.4, 0.5) is 0 Å². The molecule has 2 aromatic carbocycles. The third-order valence-electron chi connectivity index (χ3n) is 5.91. The van der Waals surface area contributed by atoms with E-state index in [9.17, 15) is 4.79 Å². The number of fused-ring (bicyclic) bond motifs is 1. The number of benzene rings is 2. The van der Waals surface area contributed by atoms with Gasteiger partial charge in [-0.2, -0.15) is 0 Å². The van der Waals surface area contributed by atoms with Crippen molar-refractivity contribution in [2.24, 2.45) is 0 Å². The molecule has 2 aliphatic rings. The van der Waals surface area contributed by atoms with E-state index in [-0.39, 0.29) is 12.0 Å². The molecule has 0 aliphatic carbocycles. The maximum absolute atomic E-state index is 13.1. The van der Waals surface area contributed by atoms with Crippen LogP contribution in [0.5, 0.6) is 5.75 Å². The van der Waals surface area contributed by atoms with E-state index in [0.717, 1.165) is 44.0 Å². The van der Waals surface area contributed by atoms with Crippen molar-refractivity contribution in [2.75, 3.05) is 32.7 Å². The Kier molecular flexibility index (Phi) is 5.49. The Hall–Kier alpha value is -2.59. The van der Waals surface area contributed by atoms with Crippen molar-refractivity contribution in [3.63, 3.8) is 0 Å². The fourth-order valence-corrected chi connectivity index (χ4v) is 3.96. The number of para-hydroxylation sites is 1. The van der Waals surface area contributed by atoms with Crippen molar-refractivity contribution < 1.29 is 9.53 Å². The zero-order valence-corrected chi connectivity index (χ0v) is 16.7. The fraction of sp³-hybridized carbons (Fsp3) is 0.375. The summed E-state index contributed by atoms with van der Waals surface area (Å²) in [5.41, 5.74) is 3.09. The van der Waals surface area contributed by atoms with Crippen molar-refractivity contribution in [2.45, 2.75) is 25.9 Å². The van der Waals surface area contributed by atoms with Crippen molar-refractivity contribution in [3.05, 3.63) is 71.3 Å². The maximum atomic E-state index is 13.1. The maximum Gasteiger partial charge on any atom is 0.257 e. The Bertz CT molecular complexity index is 854. The minimum absolute atomic E-state index is 0.0950. The van der Waals surface area contributed by atoms with Crippen molar-refractivity contribution >= 4 is 12.0 Å². The summed E-state index contributed by atoms with van der Waals surface area (Å²) in [6, 6.07) is 16.3. The highest BCUT2D eigenvalue weighted by Crippen LogP contribution is 2.40. The molecule has 0 aromatic heterocycles. The topological polar surface area (TPSA) is 32.8 Å². The molecule has 0 radical (unpaired) electrons. The minimum atomic E-state index is 0.0950. The van der Waals surface area contributed by atoms with Crippen LogP contribution in [0.15, 0.2) is 54.6 Å². The van der Waals surface area contributed by atoms with Gasteiger partial charge >= 0.3 is 0 Å².